The number of hydrogen-bond donors (Lipinski definition) is 0. The Morgan fingerprint density at radius 3 is 1.80 bits per heavy atom. The van der Waals surface area contributed by atoms with Crippen molar-refractivity contribution in [1.82, 2.24) is 4.98 Å². The Hall–Kier alpha value is -2.97. The lowest BCUT2D eigenvalue weighted by molar-refractivity contribution is 1.37. The summed E-state index contributed by atoms with van der Waals surface area (Å²) in [5, 5.41) is 10.5. The second-order valence-corrected chi connectivity index (χ2v) is 7.54. The van der Waals surface area contributed by atoms with Crippen LogP contribution in [0.2, 0.25) is 0 Å². The summed E-state index contributed by atoms with van der Waals surface area (Å²) in [6.07, 6.45) is 3.87. The van der Waals surface area contributed by atoms with Crippen molar-refractivity contribution < 1.29 is 0 Å². The first-order chi connectivity index (χ1) is 12.4. The van der Waals surface area contributed by atoms with E-state index in [0.717, 1.165) is 0 Å². The average Bonchev–Trinajstić information content (AvgIpc) is 3.04. The number of aromatic nitrogens is 1. The van der Waals surface area contributed by atoms with Crippen LogP contribution < -0.4 is 0 Å². The number of thiophene rings is 1. The number of rotatable bonds is 0. The van der Waals surface area contributed by atoms with E-state index in [1.165, 1.54) is 52.5 Å². The molecule has 0 spiro atoms. The molecule has 0 bridgehead atoms. The molecular weight excluding hydrogens is 322 g/mol. The van der Waals surface area contributed by atoms with E-state index in [1.807, 2.05) is 23.7 Å². The fourth-order valence-electron chi connectivity index (χ4n) is 4.02. The number of benzene rings is 4. The Morgan fingerprint density at radius 1 is 0.520 bits per heavy atom. The van der Waals surface area contributed by atoms with Gasteiger partial charge in [0.05, 0.1) is 0 Å². The summed E-state index contributed by atoms with van der Waals surface area (Å²) in [5.74, 6) is 0. The Bertz CT molecular complexity index is 1440. The van der Waals surface area contributed by atoms with Crippen molar-refractivity contribution in [3.05, 3.63) is 79.1 Å². The SMILES string of the molecule is c1ccc2c(c1)c1ccccc1c1cc3c(cc21)sc1ccncc13. The first-order valence-electron chi connectivity index (χ1n) is 8.39. The van der Waals surface area contributed by atoms with E-state index in [0.29, 0.717) is 0 Å². The highest BCUT2D eigenvalue weighted by atomic mass is 32.1. The fourth-order valence-corrected chi connectivity index (χ4v) is 5.11. The minimum Gasteiger partial charge on any atom is -0.264 e. The highest BCUT2D eigenvalue weighted by Gasteiger charge is 2.12. The van der Waals surface area contributed by atoms with Crippen molar-refractivity contribution in [2.75, 3.05) is 0 Å². The minimum atomic E-state index is 1.25. The van der Waals surface area contributed by atoms with E-state index >= 15 is 0 Å². The van der Waals surface area contributed by atoms with E-state index in [9.17, 15) is 0 Å². The summed E-state index contributed by atoms with van der Waals surface area (Å²) in [4.78, 5) is 4.33. The van der Waals surface area contributed by atoms with Crippen molar-refractivity contribution in [2.45, 2.75) is 0 Å². The third-order valence-electron chi connectivity index (χ3n) is 5.14. The van der Waals surface area contributed by atoms with Gasteiger partial charge in [0.25, 0.3) is 0 Å². The van der Waals surface area contributed by atoms with Crippen LogP contribution >= 0.6 is 11.3 Å². The molecule has 2 heteroatoms. The molecule has 0 N–H and O–H groups in total. The fraction of sp³-hybridized carbons (Fsp3) is 0. The normalized spacial score (nSPS) is 12.0. The minimum absolute atomic E-state index is 1.25. The van der Waals surface area contributed by atoms with Crippen molar-refractivity contribution in [3.63, 3.8) is 0 Å². The number of fused-ring (bicyclic) bond motifs is 9. The maximum atomic E-state index is 4.33. The van der Waals surface area contributed by atoms with Crippen molar-refractivity contribution in [1.29, 1.82) is 0 Å². The summed E-state index contributed by atoms with van der Waals surface area (Å²) in [6, 6.07) is 24.3. The summed E-state index contributed by atoms with van der Waals surface area (Å²) in [5.41, 5.74) is 0. The molecule has 0 atom stereocenters. The first-order valence-corrected chi connectivity index (χ1v) is 9.21. The van der Waals surface area contributed by atoms with Crippen LogP contribution in [-0.4, -0.2) is 4.98 Å². The zero-order valence-electron chi connectivity index (χ0n) is 13.4. The quantitative estimate of drug-likeness (QED) is 0.275. The Morgan fingerprint density at radius 2 is 1.12 bits per heavy atom. The molecule has 0 aliphatic rings. The Kier molecular flexibility index (Phi) is 2.55. The van der Waals surface area contributed by atoms with Gasteiger partial charge in [-0.2, -0.15) is 0 Å². The number of pyridine rings is 1. The lowest BCUT2D eigenvalue weighted by Crippen LogP contribution is -1.83. The molecule has 0 saturated heterocycles. The zero-order valence-corrected chi connectivity index (χ0v) is 14.2. The van der Waals surface area contributed by atoms with Gasteiger partial charge < -0.3 is 0 Å². The summed E-state index contributed by atoms with van der Waals surface area (Å²) in [6.45, 7) is 0. The van der Waals surface area contributed by atoms with E-state index in [2.05, 4.69) is 71.7 Å². The highest BCUT2D eigenvalue weighted by molar-refractivity contribution is 7.25. The van der Waals surface area contributed by atoms with Crippen molar-refractivity contribution in [3.8, 4) is 0 Å². The first kappa shape index (κ1) is 13.3. The molecule has 0 amide bonds. The molecule has 6 rings (SSSR count). The van der Waals surface area contributed by atoms with Crippen LogP contribution in [-0.2, 0) is 0 Å². The van der Waals surface area contributed by atoms with E-state index in [1.54, 1.807) is 0 Å². The molecular formula is C23H13NS. The number of nitrogens with zero attached hydrogens (tertiary/aromatic N) is 1. The predicted molar refractivity (Wildman–Crippen MR) is 110 cm³/mol. The molecule has 0 fully saturated rings. The molecule has 25 heavy (non-hydrogen) atoms. The van der Waals surface area contributed by atoms with Gasteiger partial charge in [0.15, 0.2) is 0 Å². The number of hydrogen-bond acceptors (Lipinski definition) is 2. The van der Waals surface area contributed by atoms with Gasteiger partial charge in [0.2, 0.25) is 0 Å². The van der Waals surface area contributed by atoms with Gasteiger partial charge in [-0.15, -0.1) is 11.3 Å². The van der Waals surface area contributed by atoms with Crippen LogP contribution in [0.25, 0.3) is 52.5 Å². The van der Waals surface area contributed by atoms with Crippen LogP contribution in [0.4, 0.5) is 0 Å². The second kappa shape index (κ2) is 4.78. The molecule has 4 aromatic carbocycles. The molecule has 2 heterocycles. The van der Waals surface area contributed by atoms with Gasteiger partial charge >= 0.3 is 0 Å². The Labute approximate surface area is 148 Å². The predicted octanol–water partition coefficient (Wildman–Crippen LogP) is 6.91. The maximum absolute atomic E-state index is 4.33. The molecule has 1 nitrogen and oxygen atoms in total. The summed E-state index contributed by atoms with van der Waals surface area (Å²) in [7, 11) is 0. The molecule has 0 saturated carbocycles. The monoisotopic (exact) mass is 335 g/mol. The van der Waals surface area contributed by atoms with Crippen LogP contribution in [0, 0.1) is 0 Å². The molecule has 116 valence electrons. The van der Waals surface area contributed by atoms with E-state index < -0.39 is 0 Å². The van der Waals surface area contributed by atoms with Gasteiger partial charge in [-0.05, 0) is 50.5 Å². The van der Waals surface area contributed by atoms with Gasteiger partial charge in [0, 0.05) is 32.6 Å². The maximum Gasteiger partial charge on any atom is 0.0386 e. The Balaban J connectivity index is 1.96. The smallest absolute Gasteiger partial charge is 0.0386 e. The summed E-state index contributed by atoms with van der Waals surface area (Å²) < 4.78 is 2.63. The van der Waals surface area contributed by atoms with Gasteiger partial charge in [-0.3, -0.25) is 4.98 Å². The van der Waals surface area contributed by atoms with Crippen molar-refractivity contribution >= 4 is 63.8 Å². The van der Waals surface area contributed by atoms with Gasteiger partial charge in [-0.1, -0.05) is 48.5 Å². The largest absolute Gasteiger partial charge is 0.264 e. The third kappa shape index (κ3) is 1.75. The lowest BCUT2D eigenvalue weighted by atomic mass is 9.93. The highest BCUT2D eigenvalue weighted by Crippen LogP contribution is 2.41. The molecule has 0 aliphatic carbocycles. The van der Waals surface area contributed by atoms with Crippen molar-refractivity contribution in [2.24, 2.45) is 0 Å². The van der Waals surface area contributed by atoms with Crippen LogP contribution in [0.1, 0.15) is 0 Å². The average molecular weight is 335 g/mol. The molecule has 0 aliphatic heterocycles. The van der Waals surface area contributed by atoms with Gasteiger partial charge in [-0.25, -0.2) is 0 Å². The van der Waals surface area contributed by atoms with E-state index in [-0.39, 0.29) is 0 Å². The molecule has 6 aromatic rings. The van der Waals surface area contributed by atoms with Crippen LogP contribution in [0.5, 0.6) is 0 Å². The van der Waals surface area contributed by atoms with E-state index in [4.69, 9.17) is 0 Å². The van der Waals surface area contributed by atoms with Crippen LogP contribution in [0.3, 0.4) is 0 Å². The van der Waals surface area contributed by atoms with Gasteiger partial charge in [0.1, 0.15) is 0 Å². The second-order valence-electron chi connectivity index (χ2n) is 6.46. The lowest BCUT2D eigenvalue weighted by Gasteiger charge is -2.10. The van der Waals surface area contributed by atoms with Crippen LogP contribution in [0.15, 0.2) is 79.1 Å². The standard InChI is InChI=1S/C23H13NS/c1-3-7-16-14(5-1)15-6-2-4-8-17(15)19-12-23-20(11-18(16)19)21-13-24-10-9-22(21)25-23/h1-13H. The topological polar surface area (TPSA) is 12.9 Å². The molecule has 2 aromatic heterocycles. The zero-order chi connectivity index (χ0) is 16.4. The molecule has 0 radical (unpaired) electrons. The third-order valence-corrected chi connectivity index (χ3v) is 6.27. The molecule has 0 unspecified atom stereocenters. The summed E-state index contributed by atoms with van der Waals surface area (Å²) >= 11 is 1.85.